The van der Waals surface area contributed by atoms with Gasteiger partial charge in [0.05, 0.1) is 7.11 Å². The predicted molar refractivity (Wildman–Crippen MR) is 99.9 cm³/mol. The van der Waals surface area contributed by atoms with E-state index in [0.717, 1.165) is 35.5 Å². The third-order valence-electron chi connectivity index (χ3n) is 8.21. The van der Waals surface area contributed by atoms with E-state index in [0.29, 0.717) is 5.41 Å². The molecule has 0 amide bonds. The first kappa shape index (κ1) is 14.8. The molecule has 25 heavy (non-hydrogen) atoms. The Bertz CT molecular complexity index is 750. The van der Waals surface area contributed by atoms with Crippen molar-refractivity contribution in [1.29, 1.82) is 0 Å². The summed E-state index contributed by atoms with van der Waals surface area (Å²) < 4.78 is 5.61. The molecule has 4 fully saturated rings. The van der Waals surface area contributed by atoms with Crippen LogP contribution >= 0.6 is 0 Å². The Morgan fingerprint density at radius 3 is 3.00 bits per heavy atom. The van der Waals surface area contributed by atoms with Crippen LogP contribution in [0.5, 0.6) is 5.75 Å². The van der Waals surface area contributed by atoms with Crippen molar-refractivity contribution in [1.82, 2.24) is 4.90 Å². The lowest BCUT2D eigenvalue weighted by Gasteiger charge is -2.59. The van der Waals surface area contributed by atoms with Crippen LogP contribution < -0.4 is 4.74 Å². The van der Waals surface area contributed by atoms with Crippen LogP contribution in [0.25, 0.3) is 0 Å². The molecular weight excluding hydrogens is 306 g/mol. The summed E-state index contributed by atoms with van der Waals surface area (Å²) in [5.41, 5.74) is 5.10. The van der Waals surface area contributed by atoms with Crippen LogP contribution in [-0.2, 0) is 11.8 Å². The van der Waals surface area contributed by atoms with Crippen LogP contribution in [0, 0.1) is 23.7 Å². The van der Waals surface area contributed by atoms with E-state index in [1.807, 2.05) is 0 Å². The van der Waals surface area contributed by atoms with Crippen LogP contribution in [0.4, 0.5) is 0 Å². The van der Waals surface area contributed by atoms with Gasteiger partial charge in [0.15, 0.2) is 0 Å². The zero-order valence-electron chi connectivity index (χ0n) is 15.3. The number of benzene rings is 1. The van der Waals surface area contributed by atoms with Crippen molar-refractivity contribution in [3.8, 4) is 5.75 Å². The molecule has 0 N–H and O–H groups in total. The molecule has 1 aliphatic heterocycles. The van der Waals surface area contributed by atoms with Gasteiger partial charge >= 0.3 is 0 Å². The number of methoxy groups -OCH3 is 1. The summed E-state index contributed by atoms with van der Waals surface area (Å²) in [5.74, 6) is 4.64. The van der Waals surface area contributed by atoms with Gasteiger partial charge in [0.25, 0.3) is 0 Å². The molecule has 0 radical (unpaired) electrons. The molecule has 1 aromatic carbocycles. The second-order valence-corrected chi connectivity index (χ2v) is 9.51. The van der Waals surface area contributed by atoms with Gasteiger partial charge in [-0.3, -0.25) is 4.90 Å². The van der Waals surface area contributed by atoms with Crippen molar-refractivity contribution in [3.63, 3.8) is 0 Å². The summed E-state index contributed by atoms with van der Waals surface area (Å²) in [6.45, 7) is 7.17. The number of piperidine rings is 1. The summed E-state index contributed by atoms with van der Waals surface area (Å²) in [6, 6.07) is 7.69. The van der Waals surface area contributed by atoms with Crippen molar-refractivity contribution in [3.05, 3.63) is 41.5 Å². The Labute approximate surface area is 151 Å². The van der Waals surface area contributed by atoms with Crippen LogP contribution in [0.15, 0.2) is 30.4 Å². The molecule has 5 atom stereocenters. The van der Waals surface area contributed by atoms with Crippen LogP contribution in [-0.4, -0.2) is 31.1 Å². The maximum Gasteiger partial charge on any atom is 0.119 e. The molecule has 2 bridgehead atoms. The summed E-state index contributed by atoms with van der Waals surface area (Å²) >= 11 is 0. The second-order valence-electron chi connectivity index (χ2n) is 9.51. The van der Waals surface area contributed by atoms with Crippen LogP contribution in [0.3, 0.4) is 0 Å². The fraction of sp³-hybridized carbons (Fsp3) is 0.652. The zero-order valence-corrected chi connectivity index (χ0v) is 15.3. The van der Waals surface area contributed by atoms with Gasteiger partial charge in [0, 0.05) is 18.0 Å². The Kier molecular flexibility index (Phi) is 2.92. The topological polar surface area (TPSA) is 12.5 Å². The number of hydrogen-bond donors (Lipinski definition) is 0. The van der Waals surface area contributed by atoms with Gasteiger partial charge in [-0.05, 0) is 92.0 Å². The molecule has 132 valence electrons. The average Bonchev–Trinajstić information content (AvgIpc) is 3.51. The van der Waals surface area contributed by atoms with Gasteiger partial charge in [-0.2, -0.15) is 0 Å². The molecular formula is C23H29NO. The Morgan fingerprint density at radius 2 is 2.20 bits per heavy atom. The lowest BCUT2D eigenvalue weighted by Crippen LogP contribution is -2.62. The number of ether oxygens (including phenoxy) is 1. The van der Waals surface area contributed by atoms with Gasteiger partial charge < -0.3 is 4.74 Å². The lowest BCUT2D eigenvalue weighted by molar-refractivity contribution is -0.0110. The average molecular weight is 335 g/mol. The molecule has 2 heteroatoms. The maximum absolute atomic E-state index is 5.61. The molecule has 2 nitrogen and oxygen atoms in total. The Balaban J connectivity index is 1.48. The SMILES string of the molecule is C=C1C[C@@]23CCN(CC4CC4)[C@H](Cc4ccc(OC)cc42)C3C2CC12. The molecule has 5 aliphatic rings. The van der Waals surface area contributed by atoms with Crippen molar-refractivity contribution in [2.75, 3.05) is 20.2 Å². The normalized spacial score (nSPS) is 41.6. The molecule has 4 aliphatic carbocycles. The quantitative estimate of drug-likeness (QED) is 0.768. The highest BCUT2D eigenvalue weighted by molar-refractivity contribution is 5.48. The molecule has 1 saturated heterocycles. The molecule has 1 heterocycles. The van der Waals surface area contributed by atoms with Gasteiger partial charge in [0.2, 0.25) is 0 Å². The minimum absolute atomic E-state index is 0.349. The van der Waals surface area contributed by atoms with Crippen molar-refractivity contribution in [2.24, 2.45) is 23.7 Å². The zero-order chi connectivity index (χ0) is 16.8. The highest BCUT2D eigenvalue weighted by atomic mass is 16.5. The number of fused-ring (bicyclic) bond motifs is 2. The lowest BCUT2D eigenvalue weighted by atomic mass is 9.51. The highest BCUT2D eigenvalue weighted by Crippen LogP contribution is 2.67. The minimum Gasteiger partial charge on any atom is -0.497 e. The Hall–Kier alpha value is -1.28. The first-order valence-electron chi connectivity index (χ1n) is 10.3. The number of nitrogens with zero attached hydrogens (tertiary/aromatic N) is 1. The summed E-state index contributed by atoms with van der Waals surface area (Å²) in [6.07, 6.45) is 8.16. The van der Waals surface area contributed by atoms with Gasteiger partial charge in [-0.15, -0.1) is 0 Å². The fourth-order valence-electron chi connectivity index (χ4n) is 6.86. The smallest absolute Gasteiger partial charge is 0.119 e. The van der Waals surface area contributed by atoms with E-state index in [1.165, 1.54) is 51.6 Å². The summed E-state index contributed by atoms with van der Waals surface area (Å²) in [4.78, 5) is 2.90. The fourth-order valence-corrected chi connectivity index (χ4v) is 6.86. The summed E-state index contributed by atoms with van der Waals surface area (Å²) in [5, 5.41) is 0. The van der Waals surface area contributed by atoms with E-state index in [4.69, 9.17) is 4.74 Å². The van der Waals surface area contributed by atoms with E-state index < -0.39 is 0 Å². The van der Waals surface area contributed by atoms with Crippen molar-refractivity contribution in [2.45, 2.75) is 50.0 Å². The number of likely N-dealkylation sites (tertiary alicyclic amines) is 1. The third-order valence-corrected chi connectivity index (χ3v) is 8.21. The number of hydrogen-bond acceptors (Lipinski definition) is 2. The van der Waals surface area contributed by atoms with E-state index in [9.17, 15) is 0 Å². The predicted octanol–water partition coefficient (Wildman–Crippen LogP) is 4.19. The largest absolute Gasteiger partial charge is 0.497 e. The van der Waals surface area contributed by atoms with Crippen molar-refractivity contribution >= 4 is 0 Å². The second kappa shape index (κ2) is 4.91. The van der Waals surface area contributed by atoms with E-state index in [1.54, 1.807) is 23.8 Å². The number of allylic oxidation sites excluding steroid dienone is 1. The molecule has 6 rings (SSSR count). The van der Waals surface area contributed by atoms with Gasteiger partial charge in [0.1, 0.15) is 5.75 Å². The number of rotatable bonds is 3. The van der Waals surface area contributed by atoms with E-state index in [2.05, 4.69) is 29.7 Å². The molecule has 0 aromatic heterocycles. The summed E-state index contributed by atoms with van der Waals surface area (Å²) in [7, 11) is 1.80. The van der Waals surface area contributed by atoms with Crippen LogP contribution in [0.1, 0.15) is 43.2 Å². The maximum atomic E-state index is 5.61. The van der Waals surface area contributed by atoms with Gasteiger partial charge in [-0.25, -0.2) is 0 Å². The molecule has 1 aromatic rings. The molecule has 3 unspecified atom stereocenters. The first-order valence-corrected chi connectivity index (χ1v) is 10.3. The monoisotopic (exact) mass is 335 g/mol. The Morgan fingerprint density at radius 1 is 1.32 bits per heavy atom. The minimum atomic E-state index is 0.349. The highest BCUT2D eigenvalue weighted by Gasteiger charge is 2.64. The molecule has 3 saturated carbocycles. The standard InChI is InChI=1S/C23H29NO/c1-14-12-23-7-8-24(13-15-3-4-15)21(22(23)19-11-18(14)19)9-16-5-6-17(25-2)10-20(16)23/h5-6,10,15,18-19,21-22H,1,3-4,7-9,11-13H2,2H3/t18?,19?,21-,22?,23+/m1/s1. The first-order chi connectivity index (χ1) is 12.2. The van der Waals surface area contributed by atoms with E-state index >= 15 is 0 Å². The van der Waals surface area contributed by atoms with Gasteiger partial charge in [-0.1, -0.05) is 18.2 Å². The third kappa shape index (κ3) is 2.01. The molecule has 0 spiro atoms. The van der Waals surface area contributed by atoms with E-state index in [-0.39, 0.29) is 0 Å². The van der Waals surface area contributed by atoms with Crippen molar-refractivity contribution < 1.29 is 4.74 Å². The van der Waals surface area contributed by atoms with Crippen LogP contribution in [0.2, 0.25) is 0 Å².